The van der Waals surface area contributed by atoms with Gasteiger partial charge in [-0.15, -0.1) is 0 Å². The molecule has 0 aliphatic rings. The molecule has 0 atom stereocenters. The summed E-state index contributed by atoms with van der Waals surface area (Å²) < 4.78 is 0. The standard InChI is InChI=1S/C12H13N/c1-10-6-3-4-8-12(10)11(2)7-5-9-13/h3-4,6,8H,2,5,7H2,1H3. The fourth-order valence-electron chi connectivity index (χ4n) is 1.31. The van der Waals surface area contributed by atoms with Crippen molar-refractivity contribution in [2.24, 2.45) is 0 Å². The number of hydrogen-bond acceptors (Lipinski definition) is 1. The lowest BCUT2D eigenvalue weighted by Crippen LogP contribution is -1.86. The third-order valence-corrected chi connectivity index (χ3v) is 2.06. The first-order valence-corrected chi connectivity index (χ1v) is 4.36. The van der Waals surface area contributed by atoms with Crippen LogP contribution in [0.25, 0.3) is 5.57 Å². The van der Waals surface area contributed by atoms with Gasteiger partial charge in [0.1, 0.15) is 0 Å². The van der Waals surface area contributed by atoms with Crippen molar-refractivity contribution in [3.8, 4) is 6.07 Å². The van der Waals surface area contributed by atoms with Crippen LogP contribution in [0.3, 0.4) is 0 Å². The third-order valence-electron chi connectivity index (χ3n) is 2.06. The second kappa shape index (κ2) is 4.47. The minimum atomic E-state index is 0.549. The van der Waals surface area contributed by atoms with Gasteiger partial charge in [0.15, 0.2) is 0 Å². The van der Waals surface area contributed by atoms with Gasteiger partial charge in [-0.3, -0.25) is 0 Å². The largest absolute Gasteiger partial charge is 0.198 e. The molecule has 0 bridgehead atoms. The molecule has 1 rings (SSSR count). The Labute approximate surface area is 79.3 Å². The molecule has 0 N–H and O–H groups in total. The van der Waals surface area contributed by atoms with Crippen LogP contribution in [0.2, 0.25) is 0 Å². The van der Waals surface area contributed by atoms with Gasteiger partial charge in [-0.05, 0) is 30.0 Å². The lowest BCUT2D eigenvalue weighted by Gasteiger charge is -2.06. The molecule has 0 saturated heterocycles. The fourth-order valence-corrected chi connectivity index (χ4v) is 1.31. The van der Waals surface area contributed by atoms with Crippen LogP contribution >= 0.6 is 0 Å². The first-order chi connectivity index (χ1) is 6.25. The first-order valence-electron chi connectivity index (χ1n) is 4.36. The zero-order chi connectivity index (χ0) is 9.68. The van der Waals surface area contributed by atoms with Crippen LogP contribution in [-0.2, 0) is 0 Å². The molecule has 66 valence electrons. The summed E-state index contributed by atoms with van der Waals surface area (Å²) in [4.78, 5) is 0. The molecule has 0 radical (unpaired) electrons. The topological polar surface area (TPSA) is 23.8 Å². The SMILES string of the molecule is C=C(CCC#N)c1ccccc1C. The Bertz CT molecular complexity index is 344. The molecule has 1 heteroatoms. The molecular weight excluding hydrogens is 158 g/mol. The minimum Gasteiger partial charge on any atom is -0.198 e. The van der Waals surface area contributed by atoms with Crippen LogP contribution in [0, 0.1) is 18.3 Å². The van der Waals surface area contributed by atoms with E-state index in [-0.39, 0.29) is 0 Å². The van der Waals surface area contributed by atoms with E-state index in [2.05, 4.69) is 31.7 Å². The highest BCUT2D eigenvalue weighted by Gasteiger charge is 2.00. The molecular formula is C12H13N. The zero-order valence-electron chi connectivity index (χ0n) is 7.88. The van der Waals surface area contributed by atoms with E-state index >= 15 is 0 Å². The van der Waals surface area contributed by atoms with Crippen LogP contribution < -0.4 is 0 Å². The molecule has 0 aliphatic carbocycles. The average molecular weight is 171 g/mol. The summed E-state index contributed by atoms with van der Waals surface area (Å²) in [5, 5.41) is 8.44. The molecule has 0 unspecified atom stereocenters. The second-order valence-corrected chi connectivity index (χ2v) is 3.08. The van der Waals surface area contributed by atoms with E-state index in [0.29, 0.717) is 6.42 Å². The number of rotatable bonds is 3. The molecule has 1 aromatic carbocycles. The van der Waals surface area contributed by atoms with E-state index in [1.165, 1.54) is 11.1 Å². The lowest BCUT2D eigenvalue weighted by atomic mass is 9.99. The van der Waals surface area contributed by atoms with Crippen molar-refractivity contribution in [3.63, 3.8) is 0 Å². The molecule has 13 heavy (non-hydrogen) atoms. The fraction of sp³-hybridized carbons (Fsp3) is 0.250. The van der Waals surface area contributed by atoms with Crippen molar-refractivity contribution in [1.29, 1.82) is 5.26 Å². The lowest BCUT2D eigenvalue weighted by molar-refractivity contribution is 1.08. The van der Waals surface area contributed by atoms with Crippen LogP contribution in [0.4, 0.5) is 0 Å². The molecule has 0 aromatic heterocycles. The molecule has 1 nitrogen and oxygen atoms in total. The maximum absolute atomic E-state index is 8.44. The highest BCUT2D eigenvalue weighted by Crippen LogP contribution is 2.20. The zero-order valence-corrected chi connectivity index (χ0v) is 7.88. The Morgan fingerprint density at radius 1 is 1.46 bits per heavy atom. The van der Waals surface area contributed by atoms with Gasteiger partial charge >= 0.3 is 0 Å². The predicted molar refractivity (Wildman–Crippen MR) is 55.1 cm³/mol. The van der Waals surface area contributed by atoms with Gasteiger partial charge in [0.25, 0.3) is 0 Å². The Morgan fingerprint density at radius 2 is 2.15 bits per heavy atom. The number of benzene rings is 1. The summed E-state index contributed by atoms with van der Waals surface area (Å²) in [6.45, 7) is 6.03. The second-order valence-electron chi connectivity index (χ2n) is 3.08. The summed E-state index contributed by atoms with van der Waals surface area (Å²) in [7, 11) is 0. The Morgan fingerprint density at radius 3 is 2.77 bits per heavy atom. The van der Waals surface area contributed by atoms with Crippen LogP contribution in [0.15, 0.2) is 30.8 Å². The highest BCUT2D eigenvalue weighted by atomic mass is 14.2. The molecule has 0 heterocycles. The maximum Gasteiger partial charge on any atom is 0.0625 e. The average Bonchev–Trinajstić information content (AvgIpc) is 2.15. The first kappa shape index (κ1) is 9.54. The summed E-state index contributed by atoms with van der Waals surface area (Å²) >= 11 is 0. The van der Waals surface area contributed by atoms with Crippen molar-refractivity contribution in [2.45, 2.75) is 19.8 Å². The van der Waals surface area contributed by atoms with Crippen molar-refractivity contribution < 1.29 is 0 Å². The Kier molecular flexibility index (Phi) is 3.28. The number of nitriles is 1. The Balaban J connectivity index is 2.78. The van der Waals surface area contributed by atoms with E-state index < -0.39 is 0 Å². The number of hydrogen-bond donors (Lipinski definition) is 0. The van der Waals surface area contributed by atoms with Gasteiger partial charge in [-0.25, -0.2) is 0 Å². The van der Waals surface area contributed by atoms with E-state index in [1.54, 1.807) is 0 Å². The van der Waals surface area contributed by atoms with Crippen LogP contribution in [-0.4, -0.2) is 0 Å². The third kappa shape index (κ3) is 2.45. The maximum atomic E-state index is 8.44. The summed E-state index contributed by atoms with van der Waals surface area (Å²) in [5.74, 6) is 0. The van der Waals surface area contributed by atoms with Crippen molar-refractivity contribution in [2.75, 3.05) is 0 Å². The van der Waals surface area contributed by atoms with Gasteiger partial charge in [-0.2, -0.15) is 5.26 Å². The Hall–Kier alpha value is -1.55. The summed E-state index contributed by atoms with van der Waals surface area (Å²) in [6.07, 6.45) is 1.31. The molecule has 1 aromatic rings. The van der Waals surface area contributed by atoms with Gasteiger partial charge < -0.3 is 0 Å². The van der Waals surface area contributed by atoms with Gasteiger partial charge in [0, 0.05) is 6.42 Å². The summed E-state index contributed by atoms with van der Waals surface area (Å²) in [5.41, 5.74) is 3.46. The molecule has 0 amide bonds. The van der Waals surface area contributed by atoms with Gasteiger partial charge in [-0.1, -0.05) is 30.8 Å². The smallest absolute Gasteiger partial charge is 0.0625 e. The molecule has 0 spiro atoms. The van der Waals surface area contributed by atoms with E-state index in [4.69, 9.17) is 5.26 Å². The number of aryl methyl sites for hydroxylation is 1. The summed E-state index contributed by atoms with van der Waals surface area (Å²) in [6, 6.07) is 10.3. The van der Waals surface area contributed by atoms with E-state index in [9.17, 15) is 0 Å². The van der Waals surface area contributed by atoms with Crippen LogP contribution in [0.5, 0.6) is 0 Å². The monoisotopic (exact) mass is 171 g/mol. The molecule has 0 saturated carbocycles. The van der Waals surface area contributed by atoms with Gasteiger partial charge in [0.2, 0.25) is 0 Å². The number of allylic oxidation sites excluding steroid dienone is 1. The van der Waals surface area contributed by atoms with Crippen molar-refractivity contribution in [1.82, 2.24) is 0 Å². The van der Waals surface area contributed by atoms with Crippen molar-refractivity contribution >= 4 is 5.57 Å². The molecule has 0 aliphatic heterocycles. The quantitative estimate of drug-likeness (QED) is 0.684. The van der Waals surface area contributed by atoms with Crippen molar-refractivity contribution in [3.05, 3.63) is 42.0 Å². The van der Waals surface area contributed by atoms with Crippen LogP contribution in [0.1, 0.15) is 24.0 Å². The highest BCUT2D eigenvalue weighted by molar-refractivity contribution is 5.66. The van der Waals surface area contributed by atoms with E-state index in [1.807, 2.05) is 12.1 Å². The minimum absolute atomic E-state index is 0.549. The predicted octanol–water partition coefficient (Wildman–Crippen LogP) is 3.31. The van der Waals surface area contributed by atoms with Gasteiger partial charge in [0.05, 0.1) is 6.07 Å². The normalized spacial score (nSPS) is 9.23. The van der Waals surface area contributed by atoms with E-state index in [0.717, 1.165) is 12.0 Å². The number of nitrogens with zero attached hydrogens (tertiary/aromatic N) is 1. The molecule has 0 fully saturated rings.